The number of hydrogen-bond acceptors (Lipinski definition) is 3. The molecule has 1 aliphatic rings. The van der Waals surface area contributed by atoms with Gasteiger partial charge in [-0.25, -0.2) is 4.79 Å². The molecule has 3 nitrogen and oxygen atoms in total. The summed E-state index contributed by atoms with van der Waals surface area (Å²) < 4.78 is 4.73. The van der Waals surface area contributed by atoms with Gasteiger partial charge in [0.15, 0.2) is 0 Å². The molecule has 0 bridgehead atoms. The van der Waals surface area contributed by atoms with E-state index in [9.17, 15) is 4.79 Å². The predicted octanol–water partition coefficient (Wildman–Crippen LogP) is 3.71. The van der Waals surface area contributed by atoms with Gasteiger partial charge in [0.2, 0.25) is 0 Å². The van der Waals surface area contributed by atoms with Crippen LogP contribution in [0.25, 0.3) is 0 Å². The predicted molar refractivity (Wildman–Crippen MR) is 77.4 cm³/mol. The van der Waals surface area contributed by atoms with Crippen LogP contribution in [0.2, 0.25) is 0 Å². The summed E-state index contributed by atoms with van der Waals surface area (Å²) in [6, 6.07) is 7.52. The smallest absolute Gasteiger partial charge is 0.337 e. The fraction of sp³-hybridized carbons (Fsp3) is 0.562. The summed E-state index contributed by atoms with van der Waals surface area (Å²) in [4.78, 5) is 11.5. The molecule has 1 N–H and O–H groups in total. The largest absolute Gasteiger partial charge is 0.465 e. The summed E-state index contributed by atoms with van der Waals surface area (Å²) in [6.07, 6.45) is 5.34. The van der Waals surface area contributed by atoms with E-state index in [1.54, 1.807) is 6.07 Å². The van der Waals surface area contributed by atoms with E-state index in [1.807, 2.05) is 18.2 Å². The SMILES string of the molecule is COC(=O)c1cccc(NCC2CCCC(C)C2)c1. The molecule has 2 unspecified atom stereocenters. The Morgan fingerprint density at radius 1 is 1.42 bits per heavy atom. The highest BCUT2D eigenvalue weighted by Crippen LogP contribution is 2.28. The summed E-state index contributed by atoms with van der Waals surface area (Å²) in [7, 11) is 1.41. The molecule has 19 heavy (non-hydrogen) atoms. The van der Waals surface area contributed by atoms with E-state index in [2.05, 4.69) is 12.2 Å². The summed E-state index contributed by atoms with van der Waals surface area (Å²) in [5.41, 5.74) is 1.60. The first kappa shape index (κ1) is 13.9. The Morgan fingerprint density at radius 3 is 3.00 bits per heavy atom. The molecule has 1 fully saturated rings. The van der Waals surface area contributed by atoms with Gasteiger partial charge in [-0.15, -0.1) is 0 Å². The van der Waals surface area contributed by atoms with E-state index in [0.717, 1.165) is 24.1 Å². The molecule has 0 aliphatic heterocycles. The minimum absolute atomic E-state index is 0.282. The first-order valence-electron chi connectivity index (χ1n) is 7.11. The lowest BCUT2D eigenvalue weighted by molar-refractivity contribution is 0.0601. The zero-order chi connectivity index (χ0) is 13.7. The van der Waals surface area contributed by atoms with Gasteiger partial charge < -0.3 is 10.1 Å². The average Bonchev–Trinajstić information content (AvgIpc) is 2.45. The standard InChI is InChI=1S/C16H23NO2/c1-12-5-3-6-13(9-12)11-17-15-8-4-7-14(10-15)16(18)19-2/h4,7-8,10,12-13,17H,3,5-6,9,11H2,1-2H3. The van der Waals surface area contributed by atoms with Crippen molar-refractivity contribution in [1.82, 2.24) is 0 Å². The van der Waals surface area contributed by atoms with Crippen LogP contribution < -0.4 is 5.32 Å². The normalized spacial score (nSPS) is 22.8. The van der Waals surface area contributed by atoms with Crippen LogP contribution in [0.3, 0.4) is 0 Å². The molecule has 2 rings (SSSR count). The van der Waals surface area contributed by atoms with Gasteiger partial charge in [0.1, 0.15) is 0 Å². The van der Waals surface area contributed by atoms with Crippen LogP contribution in [0.4, 0.5) is 5.69 Å². The van der Waals surface area contributed by atoms with Crippen molar-refractivity contribution in [1.29, 1.82) is 0 Å². The first-order valence-corrected chi connectivity index (χ1v) is 7.11. The maximum atomic E-state index is 11.5. The summed E-state index contributed by atoms with van der Waals surface area (Å²) in [5, 5.41) is 3.45. The van der Waals surface area contributed by atoms with Crippen molar-refractivity contribution in [2.75, 3.05) is 19.0 Å². The molecule has 2 atom stereocenters. The molecule has 0 radical (unpaired) electrons. The van der Waals surface area contributed by atoms with Gasteiger partial charge in [-0.2, -0.15) is 0 Å². The Bertz CT molecular complexity index is 431. The molecular formula is C16H23NO2. The quantitative estimate of drug-likeness (QED) is 0.840. The molecule has 1 aromatic carbocycles. The molecule has 0 heterocycles. The molecule has 0 spiro atoms. The van der Waals surface area contributed by atoms with Crippen molar-refractivity contribution in [3.63, 3.8) is 0 Å². The molecular weight excluding hydrogens is 238 g/mol. The highest BCUT2D eigenvalue weighted by atomic mass is 16.5. The van der Waals surface area contributed by atoms with Crippen LogP contribution in [0.15, 0.2) is 24.3 Å². The summed E-state index contributed by atoms with van der Waals surface area (Å²) in [5.74, 6) is 1.32. The highest BCUT2D eigenvalue weighted by molar-refractivity contribution is 5.90. The molecule has 0 saturated heterocycles. The number of carbonyl (C=O) groups is 1. The second kappa shape index (κ2) is 6.60. The van der Waals surface area contributed by atoms with Crippen LogP contribution >= 0.6 is 0 Å². The number of carbonyl (C=O) groups excluding carboxylic acids is 1. The number of anilines is 1. The Morgan fingerprint density at radius 2 is 2.26 bits per heavy atom. The van der Waals surface area contributed by atoms with Crippen molar-refractivity contribution in [3.8, 4) is 0 Å². The second-order valence-corrected chi connectivity index (χ2v) is 5.59. The fourth-order valence-electron chi connectivity index (χ4n) is 2.88. The summed E-state index contributed by atoms with van der Waals surface area (Å²) >= 11 is 0. The lowest BCUT2D eigenvalue weighted by atomic mass is 9.82. The van der Waals surface area contributed by atoms with E-state index in [-0.39, 0.29) is 5.97 Å². The number of rotatable bonds is 4. The zero-order valence-corrected chi connectivity index (χ0v) is 11.8. The lowest BCUT2D eigenvalue weighted by Crippen LogP contribution is -2.21. The Labute approximate surface area is 115 Å². The highest BCUT2D eigenvalue weighted by Gasteiger charge is 2.18. The minimum atomic E-state index is -0.282. The Hall–Kier alpha value is -1.51. The van der Waals surface area contributed by atoms with Gasteiger partial charge in [-0.05, 0) is 42.9 Å². The van der Waals surface area contributed by atoms with Crippen LogP contribution in [0, 0.1) is 11.8 Å². The van der Waals surface area contributed by atoms with E-state index < -0.39 is 0 Å². The van der Waals surface area contributed by atoms with Gasteiger partial charge in [0.25, 0.3) is 0 Å². The first-order chi connectivity index (χ1) is 9.19. The molecule has 0 aromatic heterocycles. The number of benzene rings is 1. The third-order valence-corrected chi connectivity index (χ3v) is 3.92. The molecule has 1 saturated carbocycles. The van der Waals surface area contributed by atoms with Crippen molar-refractivity contribution in [2.24, 2.45) is 11.8 Å². The Kier molecular flexibility index (Phi) is 4.83. The lowest BCUT2D eigenvalue weighted by Gasteiger charge is -2.27. The van der Waals surface area contributed by atoms with Crippen molar-refractivity contribution in [3.05, 3.63) is 29.8 Å². The van der Waals surface area contributed by atoms with E-state index in [4.69, 9.17) is 4.74 Å². The van der Waals surface area contributed by atoms with E-state index in [0.29, 0.717) is 5.56 Å². The van der Waals surface area contributed by atoms with Gasteiger partial charge in [0, 0.05) is 12.2 Å². The van der Waals surface area contributed by atoms with Gasteiger partial charge in [-0.3, -0.25) is 0 Å². The third-order valence-electron chi connectivity index (χ3n) is 3.92. The fourth-order valence-corrected chi connectivity index (χ4v) is 2.88. The average molecular weight is 261 g/mol. The molecule has 1 aromatic rings. The number of methoxy groups -OCH3 is 1. The van der Waals surface area contributed by atoms with Gasteiger partial charge >= 0.3 is 5.97 Å². The second-order valence-electron chi connectivity index (χ2n) is 5.59. The van der Waals surface area contributed by atoms with Crippen molar-refractivity contribution >= 4 is 11.7 Å². The van der Waals surface area contributed by atoms with Crippen LogP contribution in [0.1, 0.15) is 43.0 Å². The van der Waals surface area contributed by atoms with Crippen LogP contribution in [0.5, 0.6) is 0 Å². The molecule has 3 heteroatoms. The van der Waals surface area contributed by atoms with Gasteiger partial charge in [-0.1, -0.05) is 25.8 Å². The molecule has 104 valence electrons. The number of ether oxygens (including phenoxy) is 1. The number of esters is 1. The van der Waals surface area contributed by atoms with E-state index >= 15 is 0 Å². The third kappa shape index (κ3) is 3.98. The minimum Gasteiger partial charge on any atom is -0.465 e. The summed E-state index contributed by atoms with van der Waals surface area (Å²) in [6.45, 7) is 3.33. The van der Waals surface area contributed by atoms with Crippen molar-refractivity contribution in [2.45, 2.75) is 32.6 Å². The monoisotopic (exact) mass is 261 g/mol. The Balaban J connectivity index is 1.90. The number of hydrogen-bond donors (Lipinski definition) is 1. The van der Waals surface area contributed by atoms with Crippen LogP contribution in [-0.4, -0.2) is 19.6 Å². The van der Waals surface area contributed by atoms with E-state index in [1.165, 1.54) is 32.8 Å². The maximum absolute atomic E-state index is 11.5. The van der Waals surface area contributed by atoms with Gasteiger partial charge in [0.05, 0.1) is 12.7 Å². The molecule has 0 amide bonds. The number of nitrogens with one attached hydrogen (secondary N) is 1. The maximum Gasteiger partial charge on any atom is 0.337 e. The molecule has 1 aliphatic carbocycles. The zero-order valence-electron chi connectivity index (χ0n) is 11.8. The van der Waals surface area contributed by atoms with Crippen LogP contribution in [-0.2, 0) is 4.74 Å². The van der Waals surface area contributed by atoms with Crippen molar-refractivity contribution < 1.29 is 9.53 Å². The topological polar surface area (TPSA) is 38.3 Å².